The summed E-state index contributed by atoms with van der Waals surface area (Å²) in [5.41, 5.74) is 1.11. The quantitative estimate of drug-likeness (QED) is 0.311. The molecule has 1 saturated heterocycles. The summed E-state index contributed by atoms with van der Waals surface area (Å²) in [6.07, 6.45) is 3.88. The van der Waals surface area contributed by atoms with E-state index in [0.717, 1.165) is 0 Å². The molecule has 1 fully saturated rings. The first-order chi connectivity index (χ1) is 14.4. The van der Waals surface area contributed by atoms with Crippen LogP contribution in [0.4, 0.5) is 0 Å². The van der Waals surface area contributed by atoms with Crippen molar-refractivity contribution in [3.05, 3.63) is 65.5 Å². The number of Topliss-reactive ketones (excluding diaryl/α,β-unsaturated/α-hetero) is 1. The lowest BCUT2D eigenvalue weighted by Gasteiger charge is -2.25. The zero-order chi connectivity index (χ0) is 21.7. The van der Waals surface area contributed by atoms with Gasteiger partial charge in [0.15, 0.2) is 0 Å². The van der Waals surface area contributed by atoms with Gasteiger partial charge in [0.1, 0.15) is 11.5 Å². The number of aliphatic hydroxyl groups is 1. The molecule has 0 aliphatic carbocycles. The number of carbonyl (C=O) groups excluding carboxylic acids is 2. The molecule has 2 aromatic rings. The monoisotopic (exact) mass is 410 g/mol. The van der Waals surface area contributed by atoms with Crippen molar-refractivity contribution in [1.82, 2.24) is 9.88 Å². The Morgan fingerprint density at radius 2 is 2.03 bits per heavy atom. The number of carbonyl (C=O) groups is 2. The van der Waals surface area contributed by atoms with E-state index in [0.29, 0.717) is 36.4 Å². The molecule has 7 heteroatoms. The summed E-state index contributed by atoms with van der Waals surface area (Å²) in [7, 11) is 1.52. The van der Waals surface area contributed by atoms with E-state index >= 15 is 0 Å². The largest absolute Gasteiger partial charge is 0.507 e. The Balaban J connectivity index is 2.01. The highest BCUT2D eigenvalue weighted by molar-refractivity contribution is 6.46. The van der Waals surface area contributed by atoms with Crippen molar-refractivity contribution in [1.29, 1.82) is 0 Å². The molecule has 1 N–H and O–H groups in total. The third kappa shape index (κ3) is 4.52. The molecule has 1 aliphatic rings. The maximum Gasteiger partial charge on any atom is 0.295 e. The highest BCUT2D eigenvalue weighted by Gasteiger charge is 2.45. The first-order valence-electron chi connectivity index (χ1n) is 9.88. The minimum atomic E-state index is -0.719. The normalized spacial score (nSPS) is 18.3. The molecular weight excluding hydrogens is 384 g/mol. The van der Waals surface area contributed by atoms with Crippen LogP contribution in [0.3, 0.4) is 0 Å². The zero-order valence-electron chi connectivity index (χ0n) is 17.4. The molecule has 0 saturated carbocycles. The highest BCUT2D eigenvalue weighted by Crippen LogP contribution is 2.39. The topological polar surface area (TPSA) is 89.0 Å². The minimum absolute atomic E-state index is 0.0473. The molecule has 1 aromatic heterocycles. The number of aromatic nitrogens is 1. The number of hydrogen-bond donors (Lipinski definition) is 1. The Morgan fingerprint density at radius 3 is 2.70 bits per heavy atom. The molecule has 1 aliphatic heterocycles. The van der Waals surface area contributed by atoms with Crippen molar-refractivity contribution in [2.45, 2.75) is 32.4 Å². The highest BCUT2D eigenvalue weighted by atomic mass is 16.5. The van der Waals surface area contributed by atoms with Gasteiger partial charge in [-0.2, -0.15) is 0 Å². The number of nitrogens with zero attached hydrogens (tertiary/aromatic N) is 2. The Kier molecular flexibility index (Phi) is 6.84. The third-order valence-electron chi connectivity index (χ3n) is 4.88. The molecular formula is C23H26N2O5. The molecule has 1 aromatic carbocycles. The summed E-state index contributed by atoms with van der Waals surface area (Å²) in [6, 6.07) is 9.56. The summed E-state index contributed by atoms with van der Waals surface area (Å²) in [4.78, 5) is 31.4. The lowest BCUT2D eigenvalue weighted by molar-refractivity contribution is -0.140. The predicted octanol–water partition coefficient (Wildman–Crippen LogP) is 3.33. The average molecular weight is 410 g/mol. The SMILES string of the molecule is COc1cccc(C(O)=C2C(=O)C(=O)N(CCCOC(C)C)[C@H]2c2cccnc2)c1. The molecule has 0 spiro atoms. The number of ketones is 1. The van der Waals surface area contributed by atoms with Crippen molar-refractivity contribution in [3.8, 4) is 5.75 Å². The molecule has 1 amide bonds. The van der Waals surface area contributed by atoms with E-state index in [-0.39, 0.29) is 17.4 Å². The number of benzene rings is 1. The first-order valence-corrected chi connectivity index (χ1v) is 9.88. The lowest BCUT2D eigenvalue weighted by atomic mass is 9.96. The number of likely N-dealkylation sites (tertiary alicyclic amines) is 1. The Labute approximate surface area is 175 Å². The van der Waals surface area contributed by atoms with Gasteiger partial charge in [0.25, 0.3) is 11.7 Å². The number of methoxy groups -OCH3 is 1. The van der Waals surface area contributed by atoms with Crippen LogP contribution in [-0.2, 0) is 14.3 Å². The molecule has 0 radical (unpaired) electrons. The molecule has 0 bridgehead atoms. The van der Waals surface area contributed by atoms with Crippen molar-refractivity contribution < 1.29 is 24.2 Å². The Bertz CT molecular complexity index is 940. The van der Waals surface area contributed by atoms with E-state index in [1.54, 1.807) is 48.8 Å². The van der Waals surface area contributed by atoms with Gasteiger partial charge in [0.05, 0.1) is 24.8 Å². The van der Waals surface area contributed by atoms with E-state index < -0.39 is 17.7 Å². The van der Waals surface area contributed by atoms with E-state index in [9.17, 15) is 14.7 Å². The molecule has 30 heavy (non-hydrogen) atoms. The summed E-state index contributed by atoms with van der Waals surface area (Å²) >= 11 is 0. The van der Waals surface area contributed by atoms with Gasteiger partial charge in [-0.25, -0.2) is 0 Å². The summed E-state index contributed by atoms with van der Waals surface area (Å²) in [5, 5.41) is 11.0. The van der Waals surface area contributed by atoms with Crippen LogP contribution in [0.1, 0.15) is 37.4 Å². The Morgan fingerprint density at radius 1 is 1.23 bits per heavy atom. The van der Waals surface area contributed by atoms with E-state index in [1.807, 2.05) is 13.8 Å². The standard InChI is InChI=1S/C23H26N2O5/c1-15(2)30-12-6-11-25-20(17-8-5-10-24-14-17)19(22(27)23(25)28)21(26)16-7-4-9-18(13-16)29-3/h4-5,7-10,13-15,20,26H,6,11-12H2,1-3H3/t20-/m0/s1. The molecule has 0 unspecified atom stereocenters. The van der Waals surface area contributed by atoms with Crippen LogP contribution < -0.4 is 4.74 Å². The van der Waals surface area contributed by atoms with Gasteiger partial charge in [-0.3, -0.25) is 14.6 Å². The second kappa shape index (κ2) is 9.54. The molecule has 1 atom stereocenters. The van der Waals surface area contributed by atoms with Gasteiger partial charge >= 0.3 is 0 Å². The van der Waals surface area contributed by atoms with Crippen LogP contribution in [0.2, 0.25) is 0 Å². The van der Waals surface area contributed by atoms with E-state index in [1.165, 1.54) is 12.0 Å². The minimum Gasteiger partial charge on any atom is -0.507 e. The number of hydrogen-bond acceptors (Lipinski definition) is 6. The van der Waals surface area contributed by atoms with Crippen molar-refractivity contribution in [3.63, 3.8) is 0 Å². The van der Waals surface area contributed by atoms with Gasteiger partial charge in [-0.1, -0.05) is 18.2 Å². The second-order valence-electron chi connectivity index (χ2n) is 7.28. The molecule has 2 heterocycles. The molecule has 3 rings (SSSR count). The predicted molar refractivity (Wildman–Crippen MR) is 112 cm³/mol. The second-order valence-corrected chi connectivity index (χ2v) is 7.28. The first kappa shape index (κ1) is 21.5. The number of amides is 1. The van der Waals surface area contributed by atoms with E-state index in [2.05, 4.69) is 4.98 Å². The van der Waals surface area contributed by atoms with E-state index in [4.69, 9.17) is 9.47 Å². The van der Waals surface area contributed by atoms with Crippen molar-refractivity contribution >= 4 is 17.4 Å². The smallest absolute Gasteiger partial charge is 0.295 e. The Hall–Kier alpha value is -3.19. The number of ether oxygens (including phenoxy) is 2. The van der Waals surface area contributed by atoms with Crippen LogP contribution >= 0.6 is 0 Å². The maximum atomic E-state index is 12.9. The average Bonchev–Trinajstić information content (AvgIpc) is 3.01. The fourth-order valence-corrected chi connectivity index (χ4v) is 3.47. The molecule has 158 valence electrons. The van der Waals surface area contributed by atoms with Gasteiger partial charge in [0, 0.05) is 31.1 Å². The van der Waals surface area contributed by atoms with Crippen LogP contribution in [0, 0.1) is 0 Å². The fourth-order valence-electron chi connectivity index (χ4n) is 3.47. The van der Waals surface area contributed by atoms with Crippen LogP contribution in [0.25, 0.3) is 5.76 Å². The van der Waals surface area contributed by atoms with Crippen molar-refractivity contribution in [2.75, 3.05) is 20.3 Å². The summed E-state index contributed by atoms with van der Waals surface area (Å²) in [6.45, 7) is 4.67. The molecule has 7 nitrogen and oxygen atoms in total. The van der Waals surface area contributed by atoms with Gasteiger partial charge in [0.2, 0.25) is 0 Å². The van der Waals surface area contributed by atoms with Crippen LogP contribution in [0.5, 0.6) is 5.75 Å². The summed E-state index contributed by atoms with van der Waals surface area (Å²) in [5.74, 6) is -1.05. The van der Waals surface area contributed by atoms with Gasteiger partial charge < -0.3 is 19.5 Å². The zero-order valence-corrected chi connectivity index (χ0v) is 17.4. The number of aliphatic hydroxyl groups excluding tert-OH is 1. The lowest BCUT2D eigenvalue weighted by Crippen LogP contribution is -2.31. The maximum absolute atomic E-state index is 12.9. The third-order valence-corrected chi connectivity index (χ3v) is 4.88. The summed E-state index contributed by atoms with van der Waals surface area (Å²) < 4.78 is 10.8. The fraction of sp³-hybridized carbons (Fsp3) is 0.348. The van der Waals surface area contributed by atoms with Crippen LogP contribution in [-0.4, -0.2) is 53.0 Å². The van der Waals surface area contributed by atoms with Gasteiger partial charge in [-0.15, -0.1) is 0 Å². The number of rotatable bonds is 8. The number of pyridine rings is 1. The van der Waals surface area contributed by atoms with Crippen LogP contribution in [0.15, 0.2) is 54.4 Å². The van der Waals surface area contributed by atoms with Crippen molar-refractivity contribution in [2.24, 2.45) is 0 Å². The van der Waals surface area contributed by atoms with Gasteiger partial charge in [-0.05, 0) is 44.0 Å².